The number of hydrogen-bond donors (Lipinski definition) is 1. The van der Waals surface area contributed by atoms with Crippen LogP contribution in [-0.2, 0) is 8.85 Å². The second-order valence-electron chi connectivity index (χ2n) is 5.64. The Kier molecular flexibility index (Phi) is 7.45. The van der Waals surface area contributed by atoms with Crippen LogP contribution in [0, 0.1) is 0 Å². The van der Waals surface area contributed by atoms with E-state index in [9.17, 15) is 0 Å². The Morgan fingerprint density at radius 1 is 1.06 bits per heavy atom. The average Bonchev–Trinajstić information content (AvgIpc) is 2.85. The summed E-state index contributed by atoms with van der Waals surface area (Å²) in [5, 5.41) is 0. The lowest BCUT2D eigenvalue weighted by Crippen LogP contribution is -2.61. The molecule has 0 heterocycles. The number of rotatable bonds is 9. The number of hydrogen-bond acceptors (Lipinski definition) is 3. The lowest BCUT2D eigenvalue weighted by Gasteiger charge is -2.36. The molecule has 0 unspecified atom stereocenters. The normalized spacial score (nSPS) is 17.8. The molecule has 1 aliphatic carbocycles. The van der Waals surface area contributed by atoms with E-state index >= 15 is 0 Å². The fourth-order valence-corrected chi connectivity index (χ4v) is 5.61. The van der Waals surface area contributed by atoms with Gasteiger partial charge < -0.3 is 8.85 Å². The predicted molar refractivity (Wildman–Crippen MR) is 78.7 cm³/mol. The van der Waals surface area contributed by atoms with Crippen LogP contribution in [0.25, 0.3) is 0 Å². The van der Waals surface area contributed by atoms with Crippen molar-refractivity contribution in [3.8, 4) is 0 Å². The van der Waals surface area contributed by atoms with Gasteiger partial charge in [-0.15, -0.1) is 0 Å². The molecule has 0 aliphatic heterocycles. The summed E-state index contributed by atoms with van der Waals surface area (Å²) in [5.74, 6) is 0. The van der Waals surface area contributed by atoms with Crippen LogP contribution in [0.2, 0.25) is 5.54 Å². The van der Waals surface area contributed by atoms with Crippen molar-refractivity contribution < 1.29 is 8.85 Å². The van der Waals surface area contributed by atoms with Gasteiger partial charge in [0.05, 0.1) is 0 Å². The lowest BCUT2D eigenvalue weighted by molar-refractivity contribution is 0.145. The van der Waals surface area contributed by atoms with Crippen LogP contribution in [-0.4, -0.2) is 28.0 Å². The second kappa shape index (κ2) is 8.30. The Hall–Kier alpha value is 0.0969. The molecule has 1 aliphatic rings. The summed E-state index contributed by atoms with van der Waals surface area (Å²) in [7, 11) is -2.23. The smallest absolute Gasteiger partial charge is 0.383 e. The van der Waals surface area contributed by atoms with E-state index in [0.717, 1.165) is 26.1 Å². The van der Waals surface area contributed by atoms with Crippen LogP contribution in [0.3, 0.4) is 0 Å². The number of nitrogens with one attached hydrogen (secondary N) is 1. The first kappa shape index (κ1) is 16.2. The summed E-state index contributed by atoms with van der Waals surface area (Å²) in [6, 6.07) is 0.618. The van der Waals surface area contributed by atoms with Crippen molar-refractivity contribution in [2.75, 3.05) is 13.2 Å². The van der Waals surface area contributed by atoms with Gasteiger partial charge in [0.2, 0.25) is 0 Å². The molecule has 0 aromatic carbocycles. The zero-order valence-corrected chi connectivity index (χ0v) is 13.6. The maximum absolute atomic E-state index is 6.21. The van der Waals surface area contributed by atoms with Crippen molar-refractivity contribution in [3.63, 3.8) is 0 Å². The summed E-state index contributed by atoms with van der Waals surface area (Å²) < 4.78 is 12.4. The molecule has 0 aromatic heterocycles. The maximum Gasteiger partial charge on any atom is 0.427 e. The minimum Gasteiger partial charge on any atom is -0.383 e. The van der Waals surface area contributed by atoms with Crippen molar-refractivity contribution >= 4 is 8.72 Å². The van der Waals surface area contributed by atoms with Gasteiger partial charge in [-0.2, -0.15) is 0 Å². The highest BCUT2D eigenvalue weighted by Gasteiger charge is 2.44. The molecule has 18 heavy (non-hydrogen) atoms. The van der Waals surface area contributed by atoms with Gasteiger partial charge in [-0.25, -0.2) is 0 Å². The second-order valence-corrected chi connectivity index (χ2v) is 9.00. The molecule has 108 valence electrons. The molecule has 0 amide bonds. The summed E-state index contributed by atoms with van der Waals surface area (Å²) in [6.45, 7) is 10.4. The molecule has 0 saturated heterocycles. The van der Waals surface area contributed by atoms with Gasteiger partial charge in [0.1, 0.15) is 0 Å². The van der Waals surface area contributed by atoms with E-state index in [4.69, 9.17) is 8.85 Å². The maximum atomic E-state index is 6.21. The van der Waals surface area contributed by atoms with Gasteiger partial charge in [0.15, 0.2) is 0 Å². The van der Waals surface area contributed by atoms with E-state index in [2.05, 4.69) is 32.7 Å². The molecule has 1 rings (SSSR count). The van der Waals surface area contributed by atoms with E-state index < -0.39 is 8.72 Å². The van der Waals surface area contributed by atoms with Gasteiger partial charge in [-0.05, 0) is 25.7 Å². The van der Waals surface area contributed by atoms with Gasteiger partial charge >= 0.3 is 8.72 Å². The predicted octanol–water partition coefficient (Wildman–Crippen LogP) is 3.72. The highest BCUT2D eigenvalue weighted by Crippen LogP contribution is 2.26. The Morgan fingerprint density at radius 2 is 1.56 bits per heavy atom. The third kappa shape index (κ3) is 4.65. The van der Waals surface area contributed by atoms with Crippen molar-refractivity contribution in [1.29, 1.82) is 0 Å². The fraction of sp³-hybridized carbons (Fsp3) is 1.00. The SMILES string of the molecule is CCCO[Si](NC1CCCC1)(OCCC)C(C)C. The molecular weight excluding hydrogens is 242 g/mol. The molecule has 1 saturated carbocycles. The van der Waals surface area contributed by atoms with E-state index in [1.54, 1.807) is 0 Å². The van der Waals surface area contributed by atoms with Gasteiger partial charge in [-0.1, -0.05) is 40.5 Å². The quantitative estimate of drug-likeness (QED) is 0.649. The van der Waals surface area contributed by atoms with E-state index in [-0.39, 0.29) is 0 Å². The van der Waals surface area contributed by atoms with Crippen LogP contribution in [0.15, 0.2) is 0 Å². The van der Waals surface area contributed by atoms with Crippen LogP contribution in [0.4, 0.5) is 0 Å². The standard InChI is InChI=1S/C14H31NO2Si/c1-5-11-16-18(13(3)4,17-12-6-2)15-14-9-7-8-10-14/h13-15H,5-12H2,1-4H3. The van der Waals surface area contributed by atoms with Crippen LogP contribution in [0.5, 0.6) is 0 Å². The molecule has 1 N–H and O–H groups in total. The summed E-state index contributed by atoms with van der Waals surface area (Å²) in [5.41, 5.74) is 0.455. The van der Waals surface area contributed by atoms with Crippen molar-refractivity contribution in [2.24, 2.45) is 0 Å². The zero-order valence-electron chi connectivity index (χ0n) is 12.6. The van der Waals surface area contributed by atoms with Crippen molar-refractivity contribution in [2.45, 2.75) is 77.8 Å². The third-order valence-electron chi connectivity index (χ3n) is 3.56. The third-order valence-corrected chi connectivity index (χ3v) is 7.16. The minimum absolute atomic E-state index is 0.455. The van der Waals surface area contributed by atoms with Crippen molar-refractivity contribution in [1.82, 2.24) is 4.98 Å². The molecule has 0 atom stereocenters. The summed E-state index contributed by atoms with van der Waals surface area (Å²) in [6.07, 6.45) is 7.38. The monoisotopic (exact) mass is 273 g/mol. The Bertz CT molecular complexity index is 210. The molecule has 0 radical (unpaired) electrons. The first-order valence-electron chi connectivity index (χ1n) is 7.70. The molecule has 3 nitrogen and oxygen atoms in total. The Morgan fingerprint density at radius 3 is 1.94 bits per heavy atom. The average molecular weight is 273 g/mol. The molecule has 0 bridgehead atoms. The first-order chi connectivity index (χ1) is 8.64. The van der Waals surface area contributed by atoms with E-state index in [1.807, 2.05) is 0 Å². The van der Waals surface area contributed by atoms with Crippen LogP contribution in [0.1, 0.15) is 66.2 Å². The highest BCUT2D eigenvalue weighted by molar-refractivity contribution is 6.66. The fourth-order valence-electron chi connectivity index (χ4n) is 2.49. The summed E-state index contributed by atoms with van der Waals surface area (Å²) >= 11 is 0. The largest absolute Gasteiger partial charge is 0.427 e. The van der Waals surface area contributed by atoms with E-state index in [0.29, 0.717) is 11.6 Å². The highest BCUT2D eigenvalue weighted by atomic mass is 28.4. The van der Waals surface area contributed by atoms with Crippen LogP contribution < -0.4 is 4.98 Å². The van der Waals surface area contributed by atoms with Crippen molar-refractivity contribution in [3.05, 3.63) is 0 Å². The van der Waals surface area contributed by atoms with Gasteiger partial charge in [0, 0.05) is 24.8 Å². The molecule has 1 fully saturated rings. The molecular formula is C14H31NO2Si. The summed E-state index contributed by atoms with van der Waals surface area (Å²) in [4.78, 5) is 3.79. The molecule has 4 heteroatoms. The van der Waals surface area contributed by atoms with Gasteiger partial charge in [-0.3, -0.25) is 4.98 Å². The Labute approximate surface area is 114 Å². The minimum atomic E-state index is -2.23. The first-order valence-corrected chi connectivity index (χ1v) is 9.59. The molecule has 0 spiro atoms. The molecule has 0 aromatic rings. The Balaban J connectivity index is 2.66. The topological polar surface area (TPSA) is 30.5 Å². The van der Waals surface area contributed by atoms with Gasteiger partial charge in [0.25, 0.3) is 0 Å². The zero-order chi connectivity index (χ0) is 13.4. The lowest BCUT2D eigenvalue weighted by atomic mass is 10.3. The van der Waals surface area contributed by atoms with Crippen LogP contribution >= 0.6 is 0 Å². The van der Waals surface area contributed by atoms with E-state index in [1.165, 1.54) is 25.7 Å².